The molecule has 1 aromatic rings. The minimum absolute atomic E-state index is 0.238. The molecule has 4 nitrogen and oxygen atoms in total. The average Bonchev–Trinajstić information content (AvgIpc) is 2.67. The number of allylic oxidation sites excluding steroid dienone is 1. The molecule has 0 saturated carbocycles. The predicted octanol–water partition coefficient (Wildman–Crippen LogP) is 2.03. The first-order valence-corrected chi connectivity index (χ1v) is 5.69. The summed E-state index contributed by atoms with van der Waals surface area (Å²) in [5.41, 5.74) is 3.63. The highest BCUT2D eigenvalue weighted by molar-refractivity contribution is 5.40. The van der Waals surface area contributed by atoms with Crippen LogP contribution in [0.2, 0.25) is 0 Å². The molecule has 0 aliphatic carbocycles. The van der Waals surface area contributed by atoms with Crippen molar-refractivity contribution < 1.29 is 19.6 Å². The third kappa shape index (κ3) is 2.48. The van der Waals surface area contributed by atoms with Crippen LogP contribution >= 0.6 is 0 Å². The van der Waals surface area contributed by atoms with Gasteiger partial charge in [-0.2, -0.15) is 0 Å². The molecule has 92 valence electrons. The zero-order chi connectivity index (χ0) is 12.4. The molecular formula is C13H18NO3+. The Morgan fingerprint density at radius 1 is 1.65 bits per heavy atom. The van der Waals surface area contributed by atoms with Crippen molar-refractivity contribution in [2.24, 2.45) is 0 Å². The van der Waals surface area contributed by atoms with Crippen LogP contribution in [0, 0.1) is 6.92 Å². The molecule has 1 atom stereocenters. The lowest BCUT2D eigenvalue weighted by Gasteiger charge is -2.11. The first-order chi connectivity index (χ1) is 8.09. The van der Waals surface area contributed by atoms with Crippen LogP contribution in [0.3, 0.4) is 0 Å². The van der Waals surface area contributed by atoms with E-state index in [2.05, 4.69) is 4.98 Å². The van der Waals surface area contributed by atoms with Gasteiger partial charge in [-0.15, -0.1) is 0 Å². The van der Waals surface area contributed by atoms with E-state index in [0.717, 1.165) is 16.8 Å². The minimum atomic E-state index is -0.464. The van der Waals surface area contributed by atoms with E-state index in [1.807, 2.05) is 33.0 Å². The summed E-state index contributed by atoms with van der Waals surface area (Å²) < 4.78 is 11.1. The summed E-state index contributed by atoms with van der Waals surface area (Å²) in [4.78, 5) is 3.00. The highest BCUT2D eigenvalue weighted by Crippen LogP contribution is 2.37. The van der Waals surface area contributed by atoms with Crippen molar-refractivity contribution >= 4 is 0 Å². The number of nitrogens with one attached hydrogen (secondary N) is 1. The lowest BCUT2D eigenvalue weighted by Crippen LogP contribution is -2.11. The minimum Gasteiger partial charge on any atom is -0.502 e. The maximum absolute atomic E-state index is 9.99. The summed E-state index contributed by atoms with van der Waals surface area (Å²) in [5, 5.41) is 9.99. The Kier molecular flexibility index (Phi) is 3.45. The van der Waals surface area contributed by atoms with Gasteiger partial charge < -0.3 is 14.6 Å². The van der Waals surface area contributed by atoms with E-state index < -0.39 is 6.29 Å². The third-order valence-corrected chi connectivity index (χ3v) is 2.78. The number of ether oxygens (including phenoxy) is 2. The molecule has 2 N–H and O–H groups in total. The van der Waals surface area contributed by atoms with Crippen molar-refractivity contribution in [2.75, 3.05) is 6.61 Å². The Bertz CT molecular complexity index is 450. The van der Waals surface area contributed by atoms with Gasteiger partial charge in [-0.25, -0.2) is 4.98 Å². The van der Waals surface area contributed by atoms with Crippen molar-refractivity contribution in [3.05, 3.63) is 34.7 Å². The molecule has 0 radical (unpaired) electrons. The van der Waals surface area contributed by atoms with Crippen LogP contribution in [0.25, 0.3) is 0 Å². The van der Waals surface area contributed by atoms with E-state index in [1.165, 1.54) is 5.57 Å². The lowest BCUT2D eigenvalue weighted by molar-refractivity contribution is -0.389. The summed E-state index contributed by atoms with van der Waals surface area (Å²) in [6.07, 6.45) is 3.38. The fourth-order valence-corrected chi connectivity index (χ4v) is 1.76. The van der Waals surface area contributed by atoms with Crippen LogP contribution in [-0.4, -0.2) is 11.7 Å². The van der Waals surface area contributed by atoms with Gasteiger partial charge in [0.05, 0.1) is 24.3 Å². The Hall–Kier alpha value is -1.39. The molecular weight excluding hydrogens is 218 g/mol. The van der Waals surface area contributed by atoms with Crippen LogP contribution in [0.5, 0.6) is 5.75 Å². The van der Waals surface area contributed by atoms with Gasteiger partial charge in [-0.3, -0.25) is 0 Å². The SMILES string of the molecule is CC(C)=CCOC1OCc2c[nH+]c(C)c(O)c21. The summed E-state index contributed by atoms with van der Waals surface area (Å²) in [6.45, 7) is 6.82. The Morgan fingerprint density at radius 3 is 3.12 bits per heavy atom. The maximum Gasteiger partial charge on any atom is 0.219 e. The zero-order valence-electron chi connectivity index (χ0n) is 10.4. The van der Waals surface area contributed by atoms with Crippen LogP contribution in [0.4, 0.5) is 0 Å². The van der Waals surface area contributed by atoms with Gasteiger partial charge >= 0.3 is 0 Å². The molecule has 4 heteroatoms. The molecule has 1 aliphatic heterocycles. The lowest BCUT2D eigenvalue weighted by atomic mass is 10.1. The number of aromatic amines is 1. The molecule has 1 aromatic heterocycles. The molecule has 0 spiro atoms. The van der Waals surface area contributed by atoms with Crippen molar-refractivity contribution in [2.45, 2.75) is 33.7 Å². The number of hydrogen-bond acceptors (Lipinski definition) is 3. The molecule has 0 amide bonds. The van der Waals surface area contributed by atoms with Crippen molar-refractivity contribution in [3.63, 3.8) is 0 Å². The van der Waals surface area contributed by atoms with Crippen molar-refractivity contribution in [1.29, 1.82) is 0 Å². The van der Waals surface area contributed by atoms with Gasteiger partial charge in [-0.1, -0.05) is 11.6 Å². The molecule has 0 saturated heterocycles. The molecule has 1 unspecified atom stereocenters. The summed E-state index contributed by atoms with van der Waals surface area (Å²) in [5.74, 6) is 0.238. The highest BCUT2D eigenvalue weighted by Gasteiger charge is 2.31. The number of hydrogen-bond donors (Lipinski definition) is 1. The molecule has 2 rings (SSSR count). The molecule has 17 heavy (non-hydrogen) atoms. The summed E-state index contributed by atoms with van der Waals surface area (Å²) in [7, 11) is 0. The Labute approximate surface area is 101 Å². The number of rotatable bonds is 3. The molecule has 2 heterocycles. The molecule has 0 aromatic carbocycles. The number of aromatic hydroxyl groups is 1. The second kappa shape index (κ2) is 4.85. The number of pyridine rings is 1. The van der Waals surface area contributed by atoms with Gasteiger partial charge in [0, 0.05) is 6.92 Å². The predicted molar refractivity (Wildman–Crippen MR) is 62.3 cm³/mol. The van der Waals surface area contributed by atoms with Gasteiger partial charge in [-0.05, 0) is 13.8 Å². The van der Waals surface area contributed by atoms with Crippen LogP contribution in [0.15, 0.2) is 17.8 Å². The van der Waals surface area contributed by atoms with Crippen molar-refractivity contribution in [1.82, 2.24) is 0 Å². The van der Waals surface area contributed by atoms with Gasteiger partial charge in [0.1, 0.15) is 0 Å². The number of aromatic nitrogens is 1. The topological polar surface area (TPSA) is 52.8 Å². The Balaban J connectivity index is 2.16. The zero-order valence-corrected chi connectivity index (χ0v) is 10.4. The van der Waals surface area contributed by atoms with Crippen LogP contribution in [-0.2, 0) is 16.1 Å². The fourth-order valence-electron chi connectivity index (χ4n) is 1.76. The number of aryl methyl sites for hydroxylation is 1. The summed E-state index contributed by atoms with van der Waals surface area (Å²) in [6, 6.07) is 0. The average molecular weight is 236 g/mol. The fraction of sp³-hybridized carbons (Fsp3) is 0.462. The quantitative estimate of drug-likeness (QED) is 0.817. The largest absolute Gasteiger partial charge is 0.502 e. The monoisotopic (exact) mass is 236 g/mol. The maximum atomic E-state index is 9.99. The normalized spacial score (nSPS) is 17.9. The van der Waals surface area contributed by atoms with Gasteiger partial charge in [0.25, 0.3) is 0 Å². The van der Waals surface area contributed by atoms with Gasteiger partial charge in [0.15, 0.2) is 18.2 Å². The standard InChI is InChI=1S/C13H17NO3/c1-8(2)4-5-16-13-11-10(7-17-13)6-14-9(3)12(11)15/h4,6,13,15H,5,7H2,1-3H3/p+1. The first kappa shape index (κ1) is 12.1. The Morgan fingerprint density at radius 2 is 2.41 bits per heavy atom. The van der Waals surface area contributed by atoms with Gasteiger partial charge in [0.2, 0.25) is 5.69 Å². The second-order valence-corrected chi connectivity index (χ2v) is 4.46. The number of fused-ring (bicyclic) bond motifs is 1. The van der Waals surface area contributed by atoms with E-state index in [9.17, 15) is 5.11 Å². The van der Waals surface area contributed by atoms with Crippen LogP contribution < -0.4 is 4.98 Å². The third-order valence-electron chi connectivity index (χ3n) is 2.78. The highest BCUT2D eigenvalue weighted by atomic mass is 16.7. The van der Waals surface area contributed by atoms with E-state index in [1.54, 1.807) is 0 Å². The van der Waals surface area contributed by atoms with E-state index >= 15 is 0 Å². The molecule has 1 aliphatic rings. The smallest absolute Gasteiger partial charge is 0.219 e. The van der Waals surface area contributed by atoms with E-state index in [-0.39, 0.29) is 5.75 Å². The molecule has 0 fully saturated rings. The number of H-pyrrole nitrogens is 1. The second-order valence-electron chi connectivity index (χ2n) is 4.46. The summed E-state index contributed by atoms with van der Waals surface area (Å²) >= 11 is 0. The first-order valence-electron chi connectivity index (χ1n) is 5.69. The van der Waals surface area contributed by atoms with E-state index in [4.69, 9.17) is 9.47 Å². The molecule has 0 bridgehead atoms. The van der Waals surface area contributed by atoms with Crippen molar-refractivity contribution in [3.8, 4) is 5.75 Å². The van der Waals surface area contributed by atoms with Crippen LogP contribution in [0.1, 0.15) is 37.0 Å². The van der Waals surface area contributed by atoms with E-state index in [0.29, 0.717) is 13.2 Å².